The number of aliphatic hydroxyl groups excluding tert-OH is 1. The summed E-state index contributed by atoms with van der Waals surface area (Å²) >= 11 is 0. The summed E-state index contributed by atoms with van der Waals surface area (Å²) in [4.78, 5) is 41.8. The van der Waals surface area contributed by atoms with E-state index in [2.05, 4.69) is 5.32 Å². The number of pyridine rings is 1. The molecule has 1 spiro atoms. The van der Waals surface area contributed by atoms with E-state index < -0.39 is 37.5 Å². The van der Waals surface area contributed by atoms with E-state index in [4.69, 9.17) is 9.47 Å². The third-order valence-electron chi connectivity index (χ3n) is 8.42. The maximum atomic E-state index is 16.1. The summed E-state index contributed by atoms with van der Waals surface area (Å²) in [5.41, 5.74) is -0.168. The van der Waals surface area contributed by atoms with Crippen LogP contribution in [0.25, 0.3) is 5.69 Å². The lowest BCUT2D eigenvalue weighted by atomic mass is 9.82. The molecule has 3 heterocycles. The fourth-order valence-corrected chi connectivity index (χ4v) is 9.05. The summed E-state index contributed by atoms with van der Waals surface area (Å²) < 4.78 is 29.2. The largest absolute Gasteiger partial charge is 0.491 e. The van der Waals surface area contributed by atoms with Gasteiger partial charge in [0.15, 0.2) is 11.4 Å². The minimum absolute atomic E-state index is 0.115. The van der Waals surface area contributed by atoms with Gasteiger partial charge in [-0.05, 0) is 49.0 Å². The van der Waals surface area contributed by atoms with E-state index in [1.807, 2.05) is 30.3 Å². The zero-order valence-electron chi connectivity index (χ0n) is 24.2. The van der Waals surface area contributed by atoms with Crippen molar-refractivity contribution in [3.63, 3.8) is 0 Å². The molecule has 1 saturated heterocycles. The Balaban J connectivity index is 1.52. The third kappa shape index (κ3) is 5.16. The number of aromatic nitrogens is 1. The van der Waals surface area contributed by atoms with E-state index in [9.17, 15) is 19.5 Å². The summed E-state index contributed by atoms with van der Waals surface area (Å²) in [7, 11) is -2.07. The molecular weight excluding hydrogens is 557 g/mol. The summed E-state index contributed by atoms with van der Waals surface area (Å²) in [5.74, 6) is -1.14. The number of carbonyl (C=O) groups excluding carboxylic acids is 2. The van der Waals surface area contributed by atoms with Crippen LogP contribution < -0.4 is 15.6 Å². The normalized spacial score (nSPS) is 23.1. The smallest absolute Gasteiger partial charge is 0.297 e. The fraction of sp³-hybridized carbons (Fsp3) is 0.387. The van der Waals surface area contributed by atoms with Crippen LogP contribution in [-0.4, -0.2) is 61.2 Å². The first-order valence-corrected chi connectivity index (χ1v) is 17.0. The number of hydrogen-bond acceptors (Lipinski definition) is 6. The van der Waals surface area contributed by atoms with Crippen molar-refractivity contribution in [2.24, 2.45) is 5.92 Å². The molecule has 0 bridgehead atoms. The number of fused-ring (bicyclic) bond motifs is 2. The van der Waals surface area contributed by atoms with Crippen LogP contribution in [0.15, 0.2) is 71.7 Å². The van der Waals surface area contributed by atoms with Crippen LogP contribution in [0.3, 0.4) is 0 Å². The number of hydrogen-bond donors (Lipinski definition) is 2. The van der Waals surface area contributed by atoms with Gasteiger partial charge < -0.3 is 28.9 Å². The molecule has 222 valence electrons. The first-order valence-electron chi connectivity index (χ1n) is 14.0. The lowest BCUT2D eigenvalue weighted by Gasteiger charge is -2.31. The van der Waals surface area contributed by atoms with E-state index in [0.717, 1.165) is 5.56 Å². The van der Waals surface area contributed by atoms with Crippen molar-refractivity contribution in [2.75, 3.05) is 25.6 Å². The highest BCUT2D eigenvalue weighted by molar-refractivity contribution is 6.72. The molecule has 0 aliphatic carbocycles. The van der Waals surface area contributed by atoms with E-state index >= 15 is 4.11 Å². The number of anilines is 1. The van der Waals surface area contributed by atoms with E-state index in [-0.39, 0.29) is 43.3 Å². The van der Waals surface area contributed by atoms with Gasteiger partial charge in [-0.3, -0.25) is 19.0 Å². The maximum absolute atomic E-state index is 16.1. The molecule has 0 saturated carbocycles. The van der Waals surface area contributed by atoms with Gasteiger partial charge in [-0.25, -0.2) is 0 Å². The van der Waals surface area contributed by atoms with Crippen molar-refractivity contribution in [2.45, 2.75) is 50.2 Å². The summed E-state index contributed by atoms with van der Waals surface area (Å²) in [6.07, 6.45) is 0.602. The third-order valence-corrected chi connectivity index (χ3v) is 10.9. The standard InChI is InChI=1S/C31H36FN3O6Si/c1-20-28(42(3,4)32)26(18-27(37)34(15-16-36)19-21-9-6-5-7-10-21)41-31(20)23-17-22(12-13-24(23)33-30(31)39)35-14-8-11-25(40-2)29(35)38/h5-14,17,20,26,28,36H,15-16,18-19H2,1-4H3,(H,33,39)/t20-,26+,28-,31+/m0/s1. The first kappa shape index (κ1) is 29.7. The van der Waals surface area contributed by atoms with Crippen LogP contribution in [-0.2, 0) is 26.5 Å². The van der Waals surface area contributed by atoms with Crippen LogP contribution >= 0.6 is 0 Å². The number of ether oxygens (including phenoxy) is 2. The number of benzene rings is 2. The van der Waals surface area contributed by atoms with Crippen LogP contribution in [0.4, 0.5) is 9.80 Å². The minimum Gasteiger partial charge on any atom is -0.491 e. The monoisotopic (exact) mass is 593 g/mol. The predicted octanol–water partition coefficient (Wildman–Crippen LogP) is 3.98. The van der Waals surface area contributed by atoms with Crippen LogP contribution in [0.2, 0.25) is 18.6 Å². The Bertz CT molecular complexity index is 1540. The quantitative estimate of drug-likeness (QED) is 0.287. The summed E-state index contributed by atoms with van der Waals surface area (Å²) in [5, 5.41) is 12.6. The maximum Gasteiger partial charge on any atom is 0.297 e. The average Bonchev–Trinajstić information content (AvgIpc) is 3.41. The summed E-state index contributed by atoms with van der Waals surface area (Å²) in [6.45, 7) is 5.13. The van der Waals surface area contributed by atoms with Crippen molar-refractivity contribution in [3.8, 4) is 11.4 Å². The van der Waals surface area contributed by atoms with Gasteiger partial charge in [0.2, 0.25) is 14.3 Å². The van der Waals surface area contributed by atoms with Crippen molar-refractivity contribution in [1.82, 2.24) is 9.47 Å². The molecule has 1 aromatic heterocycles. The predicted molar refractivity (Wildman–Crippen MR) is 159 cm³/mol. The molecule has 2 aliphatic heterocycles. The van der Waals surface area contributed by atoms with Gasteiger partial charge in [0, 0.05) is 47.7 Å². The highest BCUT2D eigenvalue weighted by Crippen LogP contribution is 2.59. The molecule has 3 aromatic rings. The second-order valence-electron chi connectivity index (χ2n) is 11.4. The van der Waals surface area contributed by atoms with Crippen LogP contribution in [0, 0.1) is 5.92 Å². The molecule has 2 aromatic carbocycles. The minimum atomic E-state index is -3.48. The number of amides is 2. The second kappa shape index (κ2) is 11.5. The summed E-state index contributed by atoms with van der Waals surface area (Å²) in [6, 6.07) is 17.8. The lowest BCUT2D eigenvalue weighted by molar-refractivity contribution is -0.148. The molecule has 42 heavy (non-hydrogen) atoms. The first-order chi connectivity index (χ1) is 20.0. The molecule has 9 nitrogen and oxygen atoms in total. The SMILES string of the molecule is COc1cccn(-c2ccc3c(c2)[C@@]2(O[C@H](CC(=O)N(CCO)Cc4ccccc4)[C@@H]([Si](C)(C)F)[C@@H]2C)C(=O)N3)c1=O. The second-order valence-corrected chi connectivity index (χ2v) is 15.2. The number of nitrogens with one attached hydrogen (secondary N) is 1. The Kier molecular flexibility index (Phi) is 8.10. The number of halogens is 1. The van der Waals surface area contributed by atoms with E-state index in [0.29, 0.717) is 16.9 Å². The van der Waals surface area contributed by atoms with Gasteiger partial charge in [-0.1, -0.05) is 37.3 Å². The number of carbonyl (C=O) groups is 2. The molecule has 2 aliphatic rings. The van der Waals surface area contributed by atoms with Gasteiger partial charge in [-0.15, -0.1) is 0 Å². The molecule has 5 rings (SSSR count). The van der Waals surface area contributed by atoms with Crippen molar-refractivity contribution >= 4 is 25.9 Å². The Morgan fingerprint density at radius 2 is 1.90 bits per heavy atom. The van der Waals surface area contributed by atoms with E-state index in [1.165, 1.54) is 16.6 Å². The Morgan fingerprint density at radius 3 is 2.57 bits per heavy atom. The van der Waals surface area contributed by atoms with Gasteiger partial charge >= 0.3 is 0 Å². The Labute approximate surface area is 245 Å². The zero-order chi connectivity index (χ0) is 30.2. The molecule has 0 radical (unpaired) electrons. The highest BCUT2D eigenvalue weighted by Gasteiger charge is 2.65. The van der Waals surface area contributed by atoms with Crippen LogP contribution in [0.1, 0.15) is 24.5 Å². The molecule has 11 heteroatoms. The van der Waals surface area contributed by atoms with Crippen molar-refractivity contribution in [3.05, 3.63) is 88.3 Å². The number of aliphatic hydroxyl groups is 1. The van der Waals surface area contributed by atoms with Crippen molar-refractivity contribution < 1.29 is 28.3 Å². The molecule has 2 amide bonds. The Hall–Kier alpha value is -3.80. The topological polar surface area (TPSA) is 110 Å². The highest BCUT2D eigenvalue weighted by atomic mass is 28.4. The fourth-order valence-electron chi connectivity index (χ4n) is 6.55. The van der Waals surface area contributed by atoms with Gasteiger partial charge in [-0.2, -0.15) is 0 Å². The van der Waals surface area contributed by atoms with E-state index in [1.54, 1.807) is 56.5 Å². The van der Waals surface area contributed by atoms with Gasteiger partial charge in [0.25, 0.3) is 11.5 Å². The molecule has 4 atom stereocenters. The number of nitrogens with zero attached hydrogens (tertiary/aromatic N) is 2. The lowest BCUT2D eigenvalue weighted by Crippen LogP contribution is -2.42. The molecule has 0 unspecified atom stereocenters. The molecule has 2 N–H and O–H groups in total. The molecule has 1 fully saturated rings. The van der Waals surface area contributed by atoms with Gasteiger partial charge in [0.05, 0.1) is 26.2 Å². The van der Waals surface area contributed by atoms with Crippen molar-refractivity contribution in [1.29, 1.82) is 0 Å². The zero-order valence-corrected chi connectivity index (χ0v) is 25.2. The number of methoxy groups -OCH3 is 1. The number of rotatable bonds is 9. The Morgan fingerprint density at radius 1 is 1.17 bits per heavy atom. The molecular formula is C31H36FN3O6Si. The average molecular weight is 594 g/mol. The van der Waals surface area contributed by atoms with Gasteiger partial charge in [0.1, 0.15) is 0 Å². The van der Waals surface area contributed by atoms with Crippen LogP contribution in [0.5, 0.6) is 5.75 Å².